The number of nitrogens with zero attached hydrogens (tertiary/aromatic N) is 4. The number of carbonyl (C=O) groups excluding carboxylic acids is 1. The highest BCUT2D eigenvalue weighted by atomic mass is 35.5. The number of aromatic nitrogens is 4. The molecule has 1 aliphatic heterocycles. The van der Waals surface area contributed by atoms with E-state index in [1.165, 1.54) is 0 Å². The number of phosphoric ester groups is 1. The van der Waals surface area contributed by atoms with Gasteiger partial charge in [0.25, 0.3) is 7.52 Å². The number of esters is 1. The zero-order chi connectivity index (χ0) is 37.1. The summed E-state index contributed by atoms with van der Waals surface area (Å²) >= 11 is 5.88. The quantitative estimate of drug-likeness (QED) is 0.100. The fourth-order valence-corrected chi connectivity index (χ4v) is 10.00. The van der Waals surface area contributed by atoms with E-state index in [-0.39, 0.29) is 40.7 Å². The van der Waals surface area contributed by atoms with Gasteiger partial charge in [0.05, 0.1) is 19.5 Å². The number of fused-ring (bicyclic) bond motifs is 1. The average molecular weight is 787 g/mol. The molecule has 0 aliphatic carbocycles. The lowest BCUT2D eigenvalue weighted by molar-refractivity contribution is -0.148. The van der Waals surface area contributed by atoms with Gasteiger partial charge in [-0.15, -0.1) is 0 Å². The van der Waals surface area contributed by atoms with Crippen LogP contribution in [-0.2, 0) is 56.6 Å². The number of benzene rings is 1. The molecule has 1 saturated heterocycles. The van der Waals surface area contributed by atoms with Crippen molar-refractivity contribution < 1.29 is 59.7 Å². The van der Waals surface area contributed by atoms with Crippen LogP contribution in [0.15, 0.2) is 36.7 Å². The molecule has 0 radical (unpaired) electrons. The molecule has 278 valence electrons. The van der Waals surface area contributed by atoms with Gasteiger partial charge in [-0.05, 0) is 29.0 Å². The van der Waals surface area contributed by atoms with Crippen molar-refractivity contribution >= 4 is 57.7 Å². The van der Waals surface area contributed by atoms with Crippen molar-refractivity contribution in [3.63, 3.8) is 0 Å². The number of phosphoric acid groups is 2. The Hall–Kier alpha value is -2.37. The molecule has 3 aromatic rings. The van der Waals surface area contributed by atoms with Gasteiger partial charge in [0.15, 0.2) is 23.9 Å². The molecule has 4 unspecified atom stereocenters. The number of aliphatic hydroxyl groups is 1. The van der Waals surface area contributed by atoms with Crippen LogP contribution < -0.4 is 10.8 Å². The predicted octanol–water partition coefficient (Wildman–Crippen LogP) is 4.83. The SMILES string of the molecule is COP(=O)(OC[C@H]1O[C@@H](n2cnc3c(N)nc(Cl)nc32)[C@H](F)C1O)OP(=O)(OC)OP(C)(=O)N[C@@H](Cc1ccccc1)C(=O)OCC(C)(C)C. The summed E-state index contributed by atoms with van der Waals surface area (Å²) in [6, 6.07) is 7.48. The predicted molar refractivity (Wildman–Crippen MR) is 178 cm³/mol. The van der Waals surface area contributed by atoms with Gasteiger partial charge in [0.2, 0.25) is 5.28 Å². The Balaban J connectivity index is 1.45. The molecule has 0 saturated carbocycles. The highest BCUT2D eigenvalue weighted by Crippen LogP contribution is 2.70. The third kappa shape index (κ3) is 10.4. The lowest BCUT2D eigenvalue weighted by Gasteiger charge is -2.27. The number of nitrogens with two attached hydrogens (primary N) is 1. The molecular formula is C27H39ClFN6O12P3. The number of ether oxygens (including phenoxy) is 2. The first kappa shape index (κ1) is 40.4. The first-order chi connectivity index (χ1) is 23.3. The lowest BCUT2D eigenvalue weighted by Crippen LogP contribution is -2.39. The van der Waals surface area contributed by atoms with E-state index >= 15 is 4.39 Å². The molecule has 2 aromatic heterocycles. The Morgan fingerprint density at radius 3 is 2.42 bits per heavy atom. The summed E-state index contributed by atoms with van der Waals surface area (Å²) in [7, 11) is -12.6. The second kappa shape index (κ2) is 16.1. The molecule has 0 bridgehead atoms. The third-order valence-corrected chi connectivity index (χ3v) is 12.8. The van der Waals surface area contributed by atoms with Crippen molar-refractivity contribution in [1.29, 1.82) is 0 Å². The summed E-state index contributed by atoms with van der Waals surface area (Å²) < 4.78 is 93.1. The zero-order valence-electron chi connectivity index (χ0n) is 27.9. The lowest BCUT2D eigenvalue weighted by atomic mass is 9.98. The van der Waals surface area contributed by atoms with Gasteiger partial charge in [-0.2, -0.15) is 14.3 Å². The summed E-state index contributed by atoms with van der Waals surface area (Å²) in [6.45, 7) is 5.76. The number of anilines is 1. The van der Waals surface area contributed by atoms with Gasteiger partial charge in [0.1, 0.15) is 23.8 Å². The van der Waals surface area contributed by atoms with Gasteiger partial charge >= 0.3 is 21.6 Å². The Kier molecular flexibility index (Phi) is 13.0. The maximum Gasteiger partial charge on any atom is 0.490 e. The number of nitrogen functional groups attached to an aromatic ring is 1. The van der Waals surface area contributed by atoms with E-state index in [1.54, 1.807) is 30.3 Å². The molecule has 4 N–H and O–H groups in total. The van der Waals surface area contributed by atoms with E-state index in [1.807, 2.05) is 20.8 Å². The maximum absolute atomic E-state index is 15.3. The largest absolute Gasteiger partial charge is 0.490 e. The van der Waals surface area contributed by atoms with E-state index in [2.05, 4.69) is 20.0 Å². The van der Waals surface area contributed by atoms with Gasteiger partial charge in [0, 0.05) is 20.9 Å². The average Bonchev–Trinajstić information content (AvgIpc) is 3.58. The van der Waals surface area contributed by atoms with Crippen LogP contribution in [0.25, 0.3) is 11.2 Å². The number of hydrogen-bond donors (Lipinski definition) is 3. The molecule has 18 nitrogen and oxygen atoms in total. The number of aliphatic hydroxyl groups excluding tert-OH is 1. The Labute approximate surface area is 292 Å². The highest BCUT2D eigenvalue weighted by molar-refractivity contribution is 7.70. The molecule has 23 heteroatoms. The first-order valence-electron chi connectivity index (χ1n) is 14.9. The fourth-order valence-electron chi connectivity index (χ4n) is 4.56. The first-order valence-corrected chi connectivity index (χ1v) is 20.2. The van der Waals surface area contributed by atoms with Gasteiger partial charge in [-0.1, -0.05) is 51.1 Å². The Bertz CT molecular complexity index is 1800. The zero-order valence-corrected chi connectivity index (χ0v) is 31.3. The molecule has 0 amide bonds. The molecule has 8 atom stereocenters. The number of nitrogens with one attached hydrogen (secondary N) is 1. The van der Waals surface area contributed by atoms with Crippen LogP contribution in [0.3, 0.4) is 0 Å². The fraction of sp³-hybridized carbons (Fsp3) is 0.556. The molecule has 0 spiro atoms. The van der Waals surface area contributed by atoms with E-state index in [4.69, 9.17) is 49.0 Å². The molecular weight excluding hydrogens is 748 g/mol. The van der Waals surface area contributed by atoms with Crippen molar-refractivity contribution in [2.24, 2.45) is 5.41 Å². The molecule has 4 rings (SSSR count). The Morgan fingerprint density at radius 2 is 1.80 bits per heavy atom. The molecule has 50 heavy (non-hydrogen) atoms. The van der Waals surface area contributed by atoms with Crippen LogP contribution in [0.4, 0.5) is 10.2 Å². The summed E-state index contributed by atoms with van der Waals surface area (Å²) in [5, 5.41) is 12.9. The number of hydrogen-bond acceptors (Lipinski definition) is 16. The number of carbonyl (C=O) groups is 1. The second-order valence-corrected chi connectivity index (χ2v) is 18.7. The minimum Gasteiger partial charge on any atom is -0.464 e. The van der Waals surface area contributed by atoms with Gasteiger partial charge in [-0.25, -0.2) is 27.9 Å². The van der Waals surface area contributed by atoms with Crippen molar-refractivity contribution in [3.05, 3.63) is 47.5 Å². The molecule has 3 heterocycles. The van der Waals surface area contributed by atoms with E-state index in [9.17, 15) is 23.6 Å². The minimum atomic E-state index is -5.07. The number of halogens is 2. The van der Waals surface area contributed by atoms with Crippen LogP contribution in [0.2, 0.25) is 5.28 Å². The van der Waals surface area contributed by atoms with E-state index < -0.39 is 66.4 Å². The Morgan fingerprint density at radius 1 is 1.14 bits per heavy atom. The van der Waals surface area contributed by atoms with Crippen molar-refractivity contribution in [2.45, 2.75) is 57.8 Å². The summed E-state index contributed by atoms with van der Waals surface area (Å²) in [5.74, 6) is -0.842. The molecule has 1 aromatic carbocycles. The smallest absolute Gasteiger partial charge is 0.464 e. The molecule has 1 fully saturated rings. The number of rotatable bonds is 16. The summed E-state index contributed by atoms with van der Waals surface area (Å²) in [5.41, 5.74) is 6.22. The number of alkyl halides is 1. The normalized spacial score (nSPS) is 23.9. The van der Waals surface area contributed by atoms with Crippen molar-refractivity contribution in [2.75, 3.05) is 39.8 Å². The monoisotopic (exact) mass is 786 g/mol. The number of imidazole rings is 1. The third-order valence-electron chi connectivity index (χ3n) is 6.89. The molecule has 1 aliphatic rings. The maximum atomic E-state index is 15.3. The topological polar surface area (TPSA) is 235 Å². The van der Waals surface area contributed by atoms with Crippen LogP contribution in [0.5, 0.6) is 0 Å². The standard InChI is InChI=1S/C27H39ClFN6O12P3/c1-27(2,3)14-43-25(37)17(12-16-10-8-7-9-11-16)34-48(6,38)46-50(40,42-5)47-49(39,41-4)44-13-18-21(36)19(29)24(45-18)35-15-31-20-22(30)32-26(28)33-23(20)35/h7-11,15,17-19,21,24,36H,12-14H2,1-6H3,(H,34,38)(H2,30,32,33)/t17-,18+,19+,21?,24+,48?,49?,50?/m0/s1. The second-order valence-electron chi connectivity index (χ2n) is 12.3. The van der Waals surface area contributed by atoms with Crippen molar-refractivity contribution in [3.8, 4) is 0 Å². The van der Waals surface area contributed by atoms with E-state index in [0.29, 0.717) is 5.56 Å². The van der Waals surface area contributed by atoms with Crippen LogP contribution in [0, 0.1) is 5.41 Å². The minimum absolute atomic E-state index is 0.00530. The van der Waals surface area contributed by atoms with Crippen molar-refractivity contribution in [1.82, 2.24) is 24.6 Å². The summed E-state index contributed by atoms with van der Waals surface area (Å²) in [4.78, 5) is 24.9. The van der Waals surface area contributed by atoms with Gasteiger partial charge in [-0.3, -0.25) is 27.5 Å². The summed E-state index contributed by atoms with van der Waals surface area (Å²) in [6.07, 6.45) is -5.77. The highest BCUT2D eigenvalue weighted by Gasteiger charge is 2.49. The van der Waals surface area contributed by atoms with Crippen LogP contribution in [-0.4, -0.2) is 89.1 Å². The van der Waals surface area contributed by atoms with E-state index in [0.717, 1.165) is 31.8 Å². The van der Waals surface area contributed by atoms with Gasteiger partial charge < -0.3 is 20.3 Å². The van der Waals surface area contributed by atoms with Crippen LogP contribution in [0.1, 0.15) is 32.6 Å². The van der Waals surface area contributed by atoms with Crippen LogP contribution >= 0.6 is 34.8 Å².